The van der Waals surface area contributed by atoms with Gasteiger partial charge < -0.3 is 31.3 Å². The fraction of sp³-hybridized carbons (Fsp3) is 0. The number of hydrogen-bond acceptors (Lipinski definition) is 4. The SMILES string of the molecule is Nc1cc(N)cc(C(=O)O)c1.O=P(O)(O)O. The van der Waals surface area contributed by atoms with E-state index in [9.17, 15) is 4.79 Å². The van der Waals surface area contributed by atoms with Gasteiger partial charge in [-0.3, -0.25) is 0 Å². The van der Waals surface area contributed by atoms with Gasteiger partial charge in [0, 0.05) is 11.4 Å². The molecule has 0 saturated heterocycles. The Bertz CT molecular complexity index is 400. The first-order chi connectivity index (χ1) is 7.09. The molecule has 1 aromatic carbocycles. The Morgan fingerprint density at radius 1 is 1.06 bits per heavy atom. The molecule has 1 aromatic rings. The van der Waals surface area contributed by atoms with Crippen LogP contribution in [0, 0.1) is 0 Å². The van der Waals surface area contributed by atoms with Crippen LogP contribution in [0.25, 0.3) is 0 Å². The molecule has 0 radical (unpaired) electrons. The van der Waals surface area contributed by atoms with E-state index in [1.807, 2.05) is 0 Å². The summed E-state index contributed by atoms with van der Waals surface area (Å²) in [7, 11) is -4.64. The third kappa shape index (κ3) is 7.77. The third-order valence-corrected chi connectivity index (χ3v) is 1.22. The maximum absolute atomic E-state index is 10.4. The largest absolute Gasteiger partial charge is 0.478 e. The van der Waals surface area contributed by atoms with E-state index in [0.29, 0.717) is 11.4 Å². The minimum Gasteiger partial charge on any atom is -0.478 e. The lowest BCUT2D eigenvalue weighted by atomic mass is 10.2. The van der Waals surface area contributed by atoms with Crippen molar-refractivity contribution >= 4 is 25.2 Å². The van der Waals surface area contributed by atoms with Gasteiger partial charge in [-0.15, -0.1) is 0 Å². The number of rotatable bonds is 1. The van der Waals surface area contributed by atoms with E-state index in [0.717, 1.165) is 0 Å². The molecule has 8 N–H and O–H groups in total. The van der Waals surface area contributed by atoms with Crippen molar-refractivity contribution in [3.63, 3.8) is 0 Å². The van der Waals surface area contributed by atoms with E-state index >= 15 is 0 Å². The molecular weight excluding hydrogens is 239 g/mol. The maximum atomic E-state index is 10.4. The zero-order valence-corrected chi connectivity index (χ0v) is 8.83. The molecule has 0 aromatic heterocycles. The van der Waals surface area contributed by atoms with Crippen LogP contribution in [0.4, 0.5) is 11.4 Å². The van der Waals surface area contributed by atoms with Gasteiger partial charge in [0.2, 0.25) is 0 Å². The van der Waals surface area contributed by atoms with Crippen molar-refractivity contribution < 1.29 is 29.1 Å². The molecule has 9 heteroatoms. The van der Waals surface area contributed by atoms with Crippen LogP contribution in [0.15, 0.2) is 18.2 Å². The normalized spacial score (nSPS) is 10.2. The molecule has 0 bridgehead atoms. The van der Waals surface area contributed by atoms with Crippen molar-refractivity contribution in [1.82, 2.24) is 0 Å². The third-order valence-electron chi connectivity index (χ3n) is 1.22. The highest BCUT2D eigenvalue weighted by Crippen LogP contribution is 2.25. The van der Waals surface area contributed by atoms with E-state index in [1.165, 1.54) is 18.2 Å². The van der Waals surface area contributed by atoms with E-state index in [1.54, 1.807) is 0 Å². The topological polar surface area (TPSA) is 167 Å². The lowest BCUT2D eigenvalue weighted by Gasteiger charge is -1.98. The highest BCUT2D eigenvalue weighted by atomic mass is 31.2. The van der Waals surface area contributed by atoms with Crippen LogP contribution >= 0.6 is 7.82 Å². The second-order valence-electron chi connectivity index (χ2n) is 2.71. The van der Waals surface area contributed by atoms with Gasteiger partial charge in [0.05, 0.1) is 5.56 Å². The Hall–Kier alpha value is -1.60. The van der Waals surface area contributed by atoms with Crippen molar-refractivity contribution in [3.05, 3.63) is 23.8 Å². The van der Waals surface area contributed by atoms with Crippen LogP contribution in [0.5, 0.6) is 0 Å². The predicted octanol–water partition coefficient (Wildman–Crippen LogP) is -0.379. The van der Waals surface area contributed by atoms with Crippen LogP contribution in [0.3, 0.4) is 0 Å². The summed E-state index contributed by atoms with van der Waals surface area (Å²) in [5, 5.41) is 8.52. The zero-order chi connectivity index (χ0) is 12.9. The first kappa shape index (κ1) is 14.4. The number of aromatic carboxylic acids is 1. The summed E-state index contributed by atoms with van der Waals surface area (Å²) in [6, 6.07) is 4.23. The monoisotopic (exact) mass is 250 g/mol. The molecule has 0 amide bonds. The number of nitrogen functional groups attached to an aromatic ring is 2. The lowest BCUT2D eigenvalue weighted by molar-refractivity contribution is 0.0697. The summed E-state index contributed by atoms with van der Waals surface area (Å²) in [5.41, 5.74) is 11.5. The van der Waals surface area contributed by atoms with Gasteiger partial charge in [0.25, 0.3) is 0 Å². The smallest absolute Gasteiger partial charge is 0.466 e. The number of carboxylic acid groups (broad SMARTS) is 1. The van der Waals surface area contributed by atoms with Crippen molar-refractivity contribution in [3.8, 4) is 0 Å². The average molecular weight is 250 g/mol. The molecule has 0 aliphatic carbocycles. The van der Waals surface area contributed by atoms with Crippen LogP contribution in [-0.4, -0.2) is 25.8 Å². The number of carbonyl (C=O) groups is 1. The van der Waals surface area contributed by atoms with E-state index in [-0.39, 0.29) is 5.56 Å². The molecule has 0 aliphatic rings. The fourth-order valence-corrected chi connectivity index (χ4v) is 0.800. The van der Waals surface area contributed by atoms with Gasteiger partial charge in [-0.1, -0.05) is 0 Å². The van der Waals surface area contributed by atoms with Crippen LogP contribution in [0.2, 0.25) is 0 Å². The molecular formula is C7H11N2O6P. The van der Waals surface area contributed by atoms with E-state index in [2.05, 4.69) is 0 Å². The van der Waals surface area contributed by atoms with Crippen molar-refractivity contribution in [2.75, 3.05) is 11.5 Å². The standard InChI is InChI=1S/C7H8N2O2.H3O4P/c8-5-1-4(7(10)11)2-6(9)3-5;1-5(2,3)4/h1-3H,8-9H2,(H,10,11);(H3,1,2,3,4). The maximum Gasteiger partial charge on any atom is 0.466 e. The Morgan fingerprint density at radius 3 is 1.62 bits per heavy atom. The summed E-state index contributed by atoms with van der Waals surface area (Å²) in [5.74, 6) is -1.02. The highest BCUT2D eigenvalue weighted by molar-refractivity contribution is 7.45. The minimum absolute atomic E-state index is 0.113. The second-order valence-corrected chi connectivity index (χ2v) is 3.73. The molecule has 0 unspecified atom stereocenters. The fourth-order valence-electron chi connectivity index (χ4n) is 0.800. The molecule has 0 heterocycles. The lowest BCUT2D eigenvalue weighted by Crippen LogP contribution is -1.99. The van der Waals surface area contributed by atoms with Crippen molar-refractivity contribution in [1.29, 1.82) is 0 Å². The molecule has 0 atom stereocenters. The first-order valence-electron chi connectivity index (χ1n) is 3.77. The Balaban J connectivity index is 0.000000385. The zero-order valence-electron chi connectivity index (χ0n) is 7.94. The summed E-state index contributed by atoms with van der Waals surface area (Å²) in [4.78, 5) is 32.0. The van der Waals surface area contributed by atoms with Crippen LogP contribution in [-0.2, 0) is 4.57 Å². The van der Waals surface area contributed by atoms with Gasteiger partial charge >= 0.3 is 13.8 Å². The molecule has 16 heavy (non-hydrogen) atoms. The summed E-state index contributed by atoms with van der Waals surface area (Å²) < 4.78 is 8.88. The van der Waals surface area contributed by atoms with Gasteiger partial charge in [0.15, 0.2) is 0 Å². The summed E-state index contributed by atoms with van der Waals surface area (Å²) >= 11 is 0. The van der Waals surface area contributed by atoms with Gasteiger partial charge in [-0.2, -0.15) is 0 Å². The van der Waals surface area contributed by atoms with Crippen LogP contribution < -0.4 is 11.5 Å². The number of hydrogen-bond donors (Lipinski definition) is 6. The Labute approximate surface area is 90.4 Å². The van der Waals surface area contributed by atoms with Crippen LogP contribution in [0.1, 0.15) is 10.4 Å². The molecule has 8 nitrogen and oxygen atoms in total. The Morgan fingerprint density at radius 2 is 1.38 bits per heavy atom. The first-order valence-corrected chi connectivity index (χ1v) is 5.33. The van der Waals surface area contributed by atoms with Gasteiger partial charge in [-0.05, 0) is 18.2 Å². The summed E-state index contributed by atoms with van der Waals surface area (Å²) in [6.45, 7) is 0. The second kappa shape index (κ2) is 5.47. The molecule has 0 fully saturated rings. The molecule has 90 valence electrons. The number of benzene rings is 1. The van der Waals surface area contributed by atoms with E-state index < -0.39 is 13.8 Å². The predicted molar refractivity (Wildman–Crippen MR) is 56.5 cm³/mol. The quantitative estimate of drug-likeness (QED) is 0.289. The molecule has 1 rings (SSSR count). The van der Waals surface area contributed by atoms with Crippen molar-refractivity contribution in [2.24, 2.45) is 0 Å². The minimum atomic E-state index is -4.64. The number of carboxylic acids is 1. The number of phosphoric acid groups is 1. The number of anilines is 2. The average Bonchev–Trinajstić information content (AvgIpc) is 1.98. The molecule has 0 aliphatic heterocycles. The Kier molecular flexibility index (Phi) is 4.93. The number of nitrogens with two attached hydrogens (primary N) is 2. The molecule has 0 spiro atoms. The highest BCUT2D eigenvalue weighted by Gasteiger charge is 2.03. The van der Waals surface area contributed by atoms with Gasteiger partial charge in [-0.25, -0.2) is 9.36 Å². The van der Waals surface area contributed by atoms with Crippen molar-refractivity contribution in [2.45, 2.75) is 0 Å². The molecule has 0 saturated carbocycles. The summed E-state index contributed by atoms with van der Waals surface area (Å²) in [6.07, 6.45) is 0. The van der Waals surface area contributed by atoms with Gasteiger partial charge in [0.1, 0.15) is 0 Å². The van der Waals surface area contributed by atoms with E-state index in [4.69, 9.17) is 35.8 Å².